The first-order valence-electron chi connectivity index (χ1n) is 5.95. The lowest BCUT2D eigenvalue weighted by atomic mass is 10.2. The van der Waals surface area contributed by atoms with Crippen molar-refractivity contribution in [2.75, 3.05) is 23.8 Å². The monoisotopic (exact) mass is 250 g/mol. The summed E-state index contributed by atoms with van der Waals surface area (Å²) in [6, 6.07) is 5.55. The number of hydrogen-bond acceptors (Lipinski definition) is 4. The van der Waals surface area contributed by atoms with Gasteiger partial charge in [0.25, 0.3) is 0 Å². The van der Waals surface area contributed by atoms with Gasteiger partial charge in [-0.1, -0.05) is 6.07 Å². The fourth-order valence-electron chi connectivity index (χ4n) is 1.68. The average molecular weight is 250 g/mol. The minimum atomic E-state index is -0.516. The molecule has 5 heteroatoms. The van der Waals surface area contributed by atoms with E-state index in [4.69, 9.17) is 9.47 Å². The molecule has 1 aliphatic heterocycles. The average Bonchev–Trinajstić information content (AvgIpc) is 2.27. The zero-order valence-electron chi connectivity index (χ0n) is 10.9. The summed E-state index contributed by atoms with van der Waals surface area (Å²) in [4.78, 5) is 11.7. The van der Waals surface area contributed by atoms with Gasteiger partial charge in [-0.25, -0.2) is 4.79 Å². The molecular formula is C13H18N2O3. The number of amides is 1. The second kappa shape index (κ2) is 4.76. The van der Waals surface area contributed by atoms with Crippen LogP contribution in [0.25, 0.3) is 0 Å². The summed E-state index contributed by atoms with van der Waals surface area (Å²) in [7, 11) is 0. The van der Waals surface area contributed by atoms with E-state index in [2.05, 4.69) is 10.6 Å². The van der Waals surface area contributed by atoms with Crippen molar-refractivity contribution in [2.45, 2.75) is 26.4 Å². The Morgan fingerprint density at radius 1 is 1.44 bits per heavy atom. The Kier molecular flexibility index (Phi) is 3.32. The van der Waals surface area contributed by atoms with E-state index in [0.717, 1.165) is 12.2 Å². The number of rotatable bonds is 1. The third-order valence-electron chi connectivity index (χ3n) is 2.31. The molecule has 1 aromatic rings. The van der Waals surface area contributed by atoms with E-state index < -0.39 is 11.7 Å². The summed E-state index contributed by atoms with van der Waals surface area (Å²) < 4.78 is 10.8. The van der Waals surface area contributed by atoms with Crippen LogP contribution in [0.3, 0.4) is 0 Å². The van der Waals surface area contributed by atoms with E-state index in [1.165, 1.54) is 0 Å². The van der Waals surface area contributed by atoms with E-state index in [-0.39, 0.29) is 0 Å². The number of anilines is 2. The minimum Gasteiger partial charge on any atom is -0.487 e. The molecular weight excluding hydrogens is 232 g/mol. The molecule has 1 heterocycles. The number of carbonyl (C=O) groups excluding carboxylic acids is 1. The van der Waals surface area contributed by atoms with Crippen molar-refractivity contribution in [3.8, 4) is 5.75 Å². The molecule has 2 rings (SSSR count). The fourth-order valence-corrected chi connectivity index (χ4v) is 1.68. The Morgan fingerprint density at radius 3 is 2.94 bits per heavy atom. The highest BCUT2D eigenvalue weighted by molar-refractivity contribution is 5.89. The lowest BCUT2D eigenvalue weighted by molar-refractivity contribution is 0.0635. The van der Waals surface area contributed by atoms with Gasteiger partial charge in [0.05, 0.1) is 11.4 Å². The molecule has 0 unspecified atom stereocenters. The molecule has 0 atom stereocenters. The first kappa shape index (κ1) is 12.5. The van der Waals surface area contributed by atoms with Gasteiger partial charge in [0, 0.05) is 6.54 Å². The lowest BCUT2D eigenvalue weighted by Gasteiger charge is -2.23. The third-order valence-corrected chi connectivity index (χ3v) is 2.31. The highest BCUT2D eigenvalue weighted by Crippen LogP contribution is 2.35. The third kappa shape index (κ3) is 3.06. The van der Waals surface area contributed by atoms with Crippen molar-refractivity contribution >= 4 is 17.5 Å². The van der Waals surface area contributed by atoms with Crippen molar-refractivity contribution in [1.82, 2.24) is 0 Å². The zero-order chi connectivity index (χ0) is 13.2. The Hall–Kier alpha value is -1.91. The van der Waals surface area contributed by atoms with Crippen LogP contribution in [-0.2, 0) is 4.74 Å². The number of nitrogens with one attached hydrogen (secondary N) is 2. The summed E-state index contributed by atoms with van der Waals surface area (Å²) in [5.74, 6) is 0.662. The van der Waals surface area contributed by atoms with Crippen LogP contribution in [0.4, 0.5) is 16.2 Å². The van der Waals surface area contributed by atoms with Crippen LogP contribution >= 0.6 is 0 Å². The van der Waals surface area contributed by atoms with Crippen LogP contribution < -0.4 is 15.4 Å². The van der Waals surface area contributed by atoms with Gasteiger partial charge in [-0.2, -0.15) is 0 Å². The van der Waals surface area contributed by atoms with Crippen molar-refractivity contribution < 1.29 is 14.3 Å². The molecule has 0 spiro atoms. The molecule has 0 radical (unpaired) electrons. The second-order valence-electron chi connectivity index (χ2n) is 5.08. The first-order chi connectivity index (χ1) is 8.46. The van der Waals surface area contributed by atoms with Gasteiger partial charge in [0.15, 0.2) is 5.75 Å². The highest BCUT2D eigenvalue weighted by atomic mass is 16.6. The van der Waals surface area contributed by atoms with Crippen LogP contribution in [0.1, 0.15) is 20.8 Å². The van der Waals surface area contributed by atoms with Gasteiger partial charge in [-0.3, -0.25) is 5.32 Å². The predicted molar refractivity (Wildman–Crippen MR) is 70.3 cm³/mol. The van der Waals surface area contributed by atoms with Gasteiger partial charge in [-0.05, 0) is 32.9 Å². The Labute approximate surface area is 106 Å². The normalized spacial score (nSPS) is 13.9. The summed E-state index contributed by atoms with van der Waals surface area (Å²) >= 11 is 0. The smallest absolute Gasteiger partial charge is 0.412 e. The molecule has 5 nitrogen and oxygen atoms in total. The van der Waals surface area contributed by atoms with E-state index in [1.54, 1.807) is 6.07 Å². The van der Waals surface area contributed by atoms with E-state index in [0.29, 0.717) is 18.0 Å². The van der Waals surface area contributed by atoms with E-state index in [9.17, 15) is 4.79 Å². The van der Waals surface area contributed by atoms with Crippen molar-refractivity contribution in [1.29, 1.82) is 0 Å². The molecule has 0 saturated heterocycles. The van der Waals surface area contributed by atoms with Gasteiger partial charge in [0.1, 0.15) is 12.2 Å². The van der Waals surface area contributed by atoms with Crippen LogP contribution in [-0.4, -0.2) is 24.8 Å². The maximum atomic E-state index is 11.7. The fraction of sp³-hybridized carbons (Fsp3) is 0.462. The molecule has 0 aliphatic carbocycles. The van der Waals surface area contributed by atoms with Crippen LogP contribution in [0, 0.1) is 0 Å². The summed E-state index contributed by atoms with van der Waals surface area (Å²) in [6.07, 6.45) is -0.481. The maximum absolute atomic E-state index is 11.7. The molecule has 0 fully saturated rings. The number of carbonyl (C=O) groups is 1. The molecule has 98 valence electrons. The van der Waals surface area contributed by atoms with Crippen LogP contribution in [0.5, 0.6) is 5.75 Å². The summed E-state index contributed by atoms with van der Waals surface area (Å²) in [5, 5.41) is 5.91. The summed E-state index contributed by atoms with van der Waals surface area (Å²) in [5.41, 5.74) is 0.988. The second-order valence-corrected chi connectivity index (χ2v) is 5.08. The molecule has 2 N–H and O–H groups in total. The Morgan fingerprint density at radius 2 is 2.22 bits per heavy atom. The SMILES string of the molecule is CC(C)(C)OC(=O)Nc1cccc2c1OCCN2. The molecule has 0 saturated carbocycles. The van der Waals surface area contributed by atoms with Gasteiger partial charge < -0.3 is 14.8 Å². The van der Waals surface area contributed by atoms with E-state index in [1.807, 2.05) is 32.9 Å². The number of para-hydroxylation sites is 1. The van der Waals surface area contributed by atoms with Crippen molar-refractivity contribution in [3.05, 3.63) is 18.2 Å². The predicted octanol–water partition coefficient (Wildman–Crippen LogP) is 2.84. The minimum absolute atomic E-state index is 0.481. The Bertz CT molecular complexity index is 452. The maximum Gasteiger partial charge on any atom is 0.412 e. The number of hydrogen-bond donors (Lipinski definition) is 2. The molecule has 1 amide bonds. The number of ether oxygens (including phenoxy) is 2. The van der Waals surface area contributed by atoms with Gasteiger partial charge in [-0.15, -0.1) is 0 Å². The highest BCUT2D eigenvalue weighted by Gasteiger charge is 2.19. The van der Waals surface area contributed by atoms with Gasteiger partial charge >= 0.3 is 6.09 Å². The number of fused-ring (bicyclic) bond motifs is 1. The molecule has 18 heavy (non-hydrogen) atoms. The molecule has 0 aromatic heterocycles. The quantitative estimate of drug-likeness (QED) is 0.804. The topological polar surface area (TPSA) is 59.6 Å². The standard InChI is InChI=1S/C13H18N2O3/c1-13(2,3)18-12(16)15-10-6-4-5-9-11(10)17-8-7-14-9/h4-6,14H,7-8H2,1-3H3,(H,15,16). The lowest BCUT2D eigenvalue weighted by Crippen LogP contribution is -2.28. The van der Waals surface area contributed by atoms with Crippen LogP contribution in [0.15, 0.2) is 18.2 Å². The first-order valence-corrected chi connectivity index (χ1v) is 5.95. The molecule has 1 aliphatic rings. The van der Waals surface area contributed by atoms with Gasteiger partial charge in [0.2, 0.25) is 0 Å². The van der Waals surface area contributed by atoms with Crippen molar-refractivity contribution in [2.24, 2.45) is 0 Å². The van der Waals surface area contributed by atoms with Crippen molar-refractivity contribution in [3.63, 3.8) is 0 Å². The zero-order valence-corrected chi connectivity index (χ0v) is 10.9. The number of benzene rings is 1. The molecule has 0 bridgehead atoms. The van der Waals surface area contributed by atoms with Crippen LogP contribution in [0.2, 0.25) is 0 Å². The van der Waals surface area contributed by atoms with E-state index >= 15 is 0 Å². The summed E-state index contributed by atoms with van der Waals surface area (Å²) in [6.45, 7) is 6.82. The Balaban J connectivity index is 2.12. The molecule has 1 aromatic carbocycles. The largest absolute Gasteiger partial charge is 0.487 e.